The third-order valence-corrected chi connectivity index (χ3v) is 8.63. The zero-order valence-electron chi connectivity index (χ0n) is 22.1. The number of allylic oxidation sites excluding steroid dienone is 1. The molecule has 0 spiro atoms. The van der Waals surface area contributed by atoms with Gasteiger partial charge in [0, 0.05) is 29.5 Å². The van der Waals surface area contributed by atoms with Gasteiger partial charge in [-0.1, -0.05) is 65.4 Å². The van der Waals surface area contributed by atoms with Gasteiger partial charge in [-0.25, -0.2) is 4.99 Å². The standard InChI is InChI=1S/C32H29ClN4O2S/c1-21-28(30(38)35-25-8-4-2-5-9-25)29(23-12-14-24(33)15-13-23)37-31(39)27(40-32(37)34-21)20-22-10-16-26(17-11-22)36-18-6-3-7-19-36/h2,4-5,8-17,20,29H,3,6-7,18-19H2,1H3,(H,35,38)/b27-20+/t29-/m0/s1. The molecule has 202 valence electrons. The molecule has 3 heterocycles. The predicted octanol–water partition coefficient (Wildman–Crippen LogP) is 5.52. The lowest BCUT2D eigenvalue weighted by atomic mass is 9.95. The van der Waals surface area contributed by atoms with Crippen LogP contribution in [0.15, 0.2) is 99.9 Å². The predicted molar refractivity (Wildman–Crippen MR) is 163 cm³/mol. The second kappa shape index (κ2) is 11.3. The van der Waals surface area contributed by atoms with Crippen LogP contribution in [-0.2, 0) is 4.79 Å². The summed E-state index contributed by atoms with van der Waals surface area (Å²) < 4.78 is 2.20. The molecular formula is C32H29ClN4O2S. The zero-order valence-corrected chi connectivity index (χ0v) is 23.7. The summed E-state index contributed by atoms with van der Waals surface area (Å²) in [7, 11) is 0. The molecule has 6 rings (SSSR count). The molecule has 2 aliphatic rings. The number of rotatable bonds is 5. The van der Waals surface area contributed by atoms with Crippen LogP contribution < -0.4 is 25.1 Å². The average Bonchev–Trinajstić information content (AvgIpc) is 3.28. The largest absolute Gasteiger partial charge is 0.372 e. The number of fused-ring (bicyclic) bond motifs is 1. The fourth-order valence-corrected chi connectivity index (χ4v) is 6.55. The van der Waals surface area contributed by atoms with E-state index in [2.05, 4.69) is 34.5 Å². The molecule has 40 heavy (non-hydrogen) atoms. The molecule has 8 heteroatoms. The minimum absolute atomic E-state index is 0.179. The topological polar surface area (TPSA) is 66.7 Å². The maximum atomic E-state index is 13.9. The Morgan fingerprint density at radius 1 is 0.975 bits per heavy atom. The number of hydrogen-bond donors (Lipinski definition) is 1. The van der Waals surface area contributed by atoms with E-state index in [-0.39, 0.29) is 11.5 Å². The lowest BCUT2D eigenvalue weighted by Crippen LogP contribution is -2.40. The third kappa shape index (κ3) is 5.27. The summed E-state index contributed by atoms with van der Waals surface area (Å²) in [6.07, 6.45) is 5.65. The number of thiazole rings is 1. The number of aromatic nitrogens is 1. The van der Waals surface area contributed by atoms with Crippen LogP contribution in [0.4, 0.5) is 11.4 Å². The number of para-hydroxylation sites is 1. The highest BCUT2D eigenvalue weighted by Gasteiger charge is 2.32. The Morgan fingerprint density at radius 2 is 1.68 bits per heavy atom. The fourth-order valence-electron chi connectivity index (χ4n) is 5.38. The minimum Gasteiger partial charge on any atom is -0.372 e. The van der Waals surface area contributed by atoms with Crippen molar-refractivity contribution < 1.29 is 4.79 Å². The number of anilines is 2. The van der Waals surface area contributed by atoms with E-state index in [4.69, 9.17) is 16.6 Å². The molecule has 1 N–H and O–H groups in total. The molecule has 0 aliphatic carbocycles. The molecule has 1 aromatic heterocycles. The first-order valence-electron chi connectivity index (χ1n) is 13.5. The first-order valence-corrected chi connectivity index (χ1v) is 14.7. The number of nitrogens with one attached hydrogen (secondary N) is 1. The number of halogens is 1. The average molecular weight is 569 g/mol. The van der Waals surface area contributed by atoms with Gasteiger partial charge in [-0.3, -0.25) is 14.2 Å². The Hall–Kier alpha value is -3.94. The van der Waals surface area contributed by atoms with E-state index in [0.29, 0.717) is 31.3 Å². The Labute approximate surface area is 241 Å². The highest BCUT2D eigenvalue weighted by Crippen LogP contribution is 2.31. The second-order valence-corrected chi connectivity index (χ2v) is 11.5. The van der Waals surface area contributed by atoms with Gasteiger partial charge in [0.2, 0.25) is 0 Å². The molecule has 1 atom stereocenters. The van der Waals surface area contributed by atoms with Gasteiger partial charge in [0.25, 0.3) is 11.5 Å². The quantitative estimate of drug-likeness (QED) is 0.345. The Morgan fingerprint density at radius 3 is 2.38 bits per heavy atom. The van der Waals surface area contributed by atoms with Crippen LogP contribution >= 0.6 is 22.9 Å². The van der Waals surface area contributed by atoms with Gasteiger partial charge >= 0.3 is 0 Å². The van der Waals surface area contributed by atoms with Crippen LogP contribution in [0.2, 0.25) is 5.02 Å². The van der Waals surface area contributed by atoms with E-state index in [1.807, 2.05) is 55.5 Å². The van der Waals surface area contributed by atoms with Crippen molar-refractivity contribution in [1.29, 1.82) is 0 Å². The molecule has 6 nitrogen and oxygen atoms in total. The van der Waals surface area contributed by atoms with E-state index < -0.39 is 6.04 Å². The summed E-state index contributed by atoms with van der Waals surface area (Å²) in [5, 5.41) is 3.56. The molecular weight excluding hydrogens is 540 g/mol. The van der Waals surface area contributed by atoms with Crippen molar-refractivity contribution in [3.8, 4) is 0 Å². The van der Waals surface area contributed by atoms with Crippen LogP contribution in [0.3, 0.4) is 0 Å². The summed E-state index contributed by atoms with van der Waals surface area (Å²) in [5.74, 6) is -0.296. The Balaban J connectivity index is 1.41. The molecule has 2 aliphatic heterocycles. The van der Waals surface area contributed by atoms with E-state index >= 15 is 0 Å². The minimum atomic E-state index is -0.638. The Kier molecular flexibility index (Phi) is 7.41. The van der Waals surface area contributed by atoms with Gasteiger partial charge in [-0.05, 0) is 79.8 Å². The summed E-state index contributed by atoms with van der Waals surface area (Å²) in [4.78, 5) is 35.2. The van der Waals surface area contributed by atoms with Crippen LogP contribution in [0.1, 0.15) is 43.4 Å². The van der Waals surface area contributed by atoms with Gasteiger partial charge in [-0.15, -0.1) is 0 Å². The van der Waals surface area contributed by atoms with Crippen molar-refractivity contribution in [3.63, 3.8) is 0 Å². The van der Waals surface area contributed by atoms with Gasteiger partial charge in [0.05, 0.1) is 21.8 Å². The lowest BCUT2D eigenvalue weighted by molar-refractivity contribution is -0.113. The summed E-state index contributed by atoms with van der Waals surface area (Å²) >= 11 is 7.53. The number of carbonyl (C=O) groups is 1. The molecule has 4 aromatic rings. The van der Waals surface area contributed by atoms with E-state index in [0.717, 1.165) is 24.2 Å². The molecule has 0 unspecified atom stereocenters. The number of nitrogens with zero attached hydrogens (tertiary/aromatic N) is 3. The maximum Gasteiger partial charge on any atom is 0.271 e. The smallest absolute Gasteiger partial charge is 0.271 e. The molecule has 3 aromatic carbocycles. The molecule has 1 amide bonds. The van der Waals surface area contributed by atoms with Gasteiger partial charge in [0.15, 0.2) is 4.80 Å². The van der Waals surface area contributed by atoms with Crippen molar-refractivity contribution >= 4 is 46.3 Å². The van der Waals surface area contributed by atoms with Crippen molar-refractivity contribution in [2.75, 3.05) is 23.3 Å². The summed E-state index contributed by atoms with van der Waals surface area (Å²) in [5.41, 5.74) is 4.45. The molecule has 0 radical (unpaired) electrons. The highest BCUT2D eigenvalue weighted by molar-refractivity contribution is 7.07. The monoisotopic (exact) mass is 568 g/mol. The van der Waals surface area contributed by atoms with Crippen molar-refractivity contribution in [3.05, 3.63) is 126 Å². The van der Waals surface area contributed by atoms with Crippen molar-refractivity contribution in [2.24, 2.45) is 4.99 Å². The van der Waals surface area contributed by atoms with Gasteiger partial charge < -0.3 is 10.2 Å². The first kappa shape index (κ1) is 26.3. The van der Waals surface area contributed by atoms with Gasteiger partial charge in [-0.2, -0.15) is 0 Å². The molecule has 0 bridgehead atoms. The van der Waals surface area contributed by atoms with E-state index in [1.165, 1.54) is 36.3 Å². The molecule has 0 saturated carbocycles. The second-order valence-electron chi connectivity index (χ2n) is 10.1. The van der Waals surface area contributed by atoms with Crippen LogP contribution in [0, 0.1) is 0 Å². The summed E-state index contributed by atoms with van der Waals surface area (Å²) in [6, 6.07) is 24.3. The third-order valence-electron chi connectivity index (χ3n) is 7.40. The highest BCUT2D eigenvalue weighted by atomic mass is 35.5. The number of amides is 1. The number of carbonyl (C=O) groups excluding carboxylic acids is 1. The summed E-state index contributed by atoms with van der Waals surface area (Å²) in [6.45, 7) is 3.99. The maximum absolute atomic E-state index is 13.9. The molecule has 1 saturated heterocycles. The van der Waals surface area contributed by atoms with Crippen LogP contribution in [-0.4, -0.2) is 23.6 Å². The van der Waals surface area contributed by atoms with Gasteiger partial charge in [0.1, 0.15) is 0 Å². The first-order chi connectivity index (χ1) is 19.5. The lowest BCUT2D eigenvalue weighted by Gasteiger charge is -2.28. The zero-order chi connectivity index (χ0) is 27.6. The van der Waals surface area contributed by atoms with E-state index in [1.54, 1.807) is 16.7 Å². The SMILES string of the molecule is CC1=C(C(=O)Nc2ccccc2)[C@H](c2ccc(Cl)cc2)n2c(s/c(=C/c3ccc(N4CCCCC4)cc3)c2=O)=N1. The Bertz CT molecular complexity index is 1750. The van der Waals surface area contributed by atoms with Crippen molar-refractivity contribution in [2.45, 2.75) is 32.2 Å². The number of hydrogen-bond acceptors (Lipinski definition) is 5. The number of benzene rings is 3. The molecule has 1 fully saturated rings. The van der Waals surface area contributed by atoms with Crippen molar-refractivity contribution in [1.82, 2.24) is 4.57 Å². The normalized spacial score (nSPS) is 17.4. The van der Waals surface area contributed by atoms with Crippen LogP contribution in [0.25, 0.3) is 6.08 Å². The number of piperidine rings is 1. The fraction of sp³-hybridized carbons (Fsp3) is 0.219. The van der Waals surface area contributed by atoms with E-state index in [9.17, 15) is 9.59 Å². The van der Waals surface area contributed by atoms with Crippen LogP contribution in [0.5, 0.6) is 0 Å².